The molecule has 2 nitrogen and oxygen atoms in total. The van der Waals surface area contributed by atoms with Crippen molar-refractivity contribution in [3.63, 3.8) is 0 Å². The van der Waals surface area contributed by atoms with Gasteiger partial charge in [-0.2, -0.15) is 0 Å². The molecule has 2 rings (SSSR count). The first-order valence-corrected chi connectivity index (χ1v) is 7.74. The van der Waals surface area contributed by atoms with Crippen LogP contribution in [0, 0.1) is 0 Å². The fraction of sp³-hybridized carbons (Fsp3) is 0.368. The summed E-state index contributed by atoms with van der Waals surface area (Å²) in [4.78, 5) is 0. The van der Waals surface area contributed by atoms with Gasteiger partial charge in [-0.1, -0.05) is 49.4 Å². The first-order chi connectivity index (χ1) is 10.3. The summed E-state index contributed by atoms with van der Waals surface area (Å²) in [7, 11) is 0. The van der Waals surface area contributed by atoms with Crippen LogP contribution in [0.4, 0.5) is 0 Å². The third-order valence-corrected chi connectivity index (χ3v) is 3.62. The molecule has 2 aromatic rings. The van der Waals surface area contributed by atoms with E-state index in [9.17, 15) is 5.11 Å². The SMILES string of the molecule is CCC(O)c1ccc(OCCCCc2ccccc2)cc1. The number of hydrogen-bond donors (Lipinski definition) is 1. The van der Waals surface area contributed by atoms with Crippen molar-refractivity contribution < 1.29 is 9.84 Å². The number of aliphatic hydroxyl groups is 1. The monoisotopic (exact) mass is 284 g/mol. The predicted octanol–water partition coefficient (Wildman–Crippen LogP) is 4.53. The Morgan fingerprint density at radius 3 is 2.33 bits per heavy atom. The van der Waals surface area contributed by atoms with Crippen LogP contribution in [0.25, 0.3) is 0 Å². The standard InChI is InChI=1S/C19H24O2/c1-2-19(20)17-11-13-18(14-12-17)21-15-7-6-10-16-8-4-3-5-9-16/h3-5,8-9,11-14,19-20H,2,6-7,10,15H2,1H3. The molecule has 1 N–H and O–H groups in total. The summed E-state index contributed by atoms with van der Waals surface area (Å²) in [6.45, 7) is 2.71. The van der Waals surface area contributed by atoms with Crippen molar-refractivity contribution in [1.82, 2.24) is 0 Å². The summed E-state index contributed by atoms with van der Waals surface area (Å²) in [6.07, 6.45) is 3.65. The van der Waals surface area contributed by atoms with Crippen LogP contribution in [-0.4, -0.2) is 11.7 Å². The Balaban J connectivity index is 1.67. The minimum atomic E-state index is -0.370. The maximum atomic E-state index is 9.73. The number of rotatable bonds is 8. The van der Waals surface area contributed by atoms with Gasteiger partial charge < -0.3 is 9.84 Å². The van der Waals surface area contributed by atoms with Crippen LogP contribution in [0.5, 0.6) is 5.75 Å². The van der Waals surface area contributed by atoms with Crippen molar-refractivity contribution in [2.24, 2.45) is 0 Å². The summed E-state index contributed by atoms with van der Waals surface area (Å²) in [5.41, 5.74) is 2.34. The number of ether oxygens (including phenoxy) is 1. The van der Waals surface area contributed by atoms with Crippen molar-refractivity contribution >= 4 is 0 Å². The molecule has 0 aromatic heterocycles. The maximum absolute atomic E-state index is 9.73. The van der Waals surface area contributed by atoms with E-state index in [2.05, 4.69) is 24.3 Å². The van der Waals surface area contributed by atoms with Crippen LogP contribution in [-0.2, 0) is 6.42 Å². The van der Waals surface area contributed by atoms with Gasteiger partial charge in [-0.25, -0.2) is 0 Å². The molecule has 2 heteroatoms. The summed E-state index contributed by atoms with van der Waals surface area (Å²) in [5, 5.41) is 9.73. The largest absolute Gasteiger partial charge is 0.494 e. The Morgan fingerprint density at radius 1 is 0.952 bits per heavy atom. The fourth-order valence-electron chi connectivity index (χ4n) is 2.29. The highest BCUT2D eigenvalue weighted by atomic mass is 16.5. The third kappa shape index (κ3) is 5.24. The Labute approximate surface area is 127 Å². The Hall–Kier alpha value is -1.80. The van der Waals surface area contributed by atoms with E-state index in [-0.39, 0.29) is 6.10 Å². The second kappa shape index (κ2) is 8.48. The molecular formula is C19H24O2. The van der Waals surface area contributed by atoms with Gasteiger partial charge in [0.15, 0.2) is 0 Å². The van der Waals surface area contributed by atoms with Crippen LogP contribution in [0.2, 0.25) is 0 Å². The fourth-order valence-corrected chi connectivity index (χ4v) is 2.29. The van der Waals surface area contributed by atoms with Crippen LogP contribution in [0.3, 0.4) is 0 Å². The van der Waals surface area contributed by atoms with E-state index < -0.39 is 0 Å². The summed E-state index contributed by atoms with van der Waals surface area (Å²) < 4.78 is 5.73. The van der Waals surface area contributed by atoms with Gasteiger partial charge in [0.2, 0.25) is 0 Å². The van der Waals surface area contributed by atoms with Gasteiger partial charge in [0.05, 0.1) is 12.7 Å². The van der Waals surface area contributed by atoms with E-state index in [1.807, 2.05) is 37.3 Å². The van der Waals surface area contributed by atoms with Crippen molar-refractivity contribution in [2.45, 2.75) is 38.7 Å². The third-order valence-electron chi connectivity index (χ3n) is 3.62. The molecule has 0 aliphatic heterocycles. The first kappa shape index (κ1) is 15.6. The highest BCUT2D eigenvalue weighted by Crippen LogP contribution is 2.20. The van der Waals surface area contributed by atoms with E-state index in [1.54, 1.807) is 0 Å². The Kier molecular flexibility index (Phi) is 6.29. The predicted molar refractivity (Wildman–Crippen MR) is 86.6 cm³/mol. The zero-order valence-corrected chi connectivity index (χ0v) is 12.7. The summed E-state index contributed by atoms with van der Waals surface area (Å²) in [5.74, 6) is 0.877. The summed E-state index contributed by atoms with van der Waals surface area (Å²) in [6, 6.07) is 18.3. The molecule has 0 fully saturated rings. The van der Waals surface area contributed by atoms with Gasteiger partial charge in [0.25, 0.3) is 0 Å². The number of aryl methyl sites for hydroxylation is 1. The molecule has 112 valence electrons. The lowest BCUT2D eigenvalue weighted by Crippen LogP contribution is -1.99. The van der Waals surface area contributed by atoms with Crippen LogP contribution >= 0.6 is 0 Å². The lowest BCUT2D eigenvalue weighted by molar-refractivity contribution is 0.173. The topological polar surface area (TPSA) is 29.5 Å². The van der Waals surface area contributed by atoms with Crippen LogP contribution in [0.1, 0.15) is 43.4 Å². The normalized spacial score (nSPS) is 12.1. The van der Waals surface area contributed by atoms with Gasteiger partial charge in [0.1, 0.15) is 5.75 Å². The molecule has 0 aliphatic rings. The molecule has 0 radical (unpaired) electrons. The highest BCUT2D eigenvalue weighted by molar-refractivity contribution is 5.28. The minimum Gasteiger partial charge on any atom is -0.494 e. The average molecular weight is 284 g/mol. The van der Waals surface area contributed by atoms with Gasteiger partial charge >= 0.3 is 0 Å². The quantitative estimate of drug-likeness (QED) is 0.722. The van der Waals surface area contributed by atoms with Gasteiger partial charge in [-0.3, -0.25) is 0 Å². The minimum absolute atomic E-state index is 0.370. The Morgan fingerprint density at radius 2 is 1.67 bits per heavy atom. The second-order valence-electron chi connectivity index (χ2n) is 5.28. The first-order valence-electron chi connectivity index (χ1n) is 7.74. The molecule has 21 heavy (non-hydrogen) atoms. The van der Waals surface area contributed by atoms with Crippen LogP contribution < -0.4 is 4.74 Å². The zero-order chi connectivity index (χ0) is 14.9. The molecule has 1 atom stereocenters. The van der Waals surface area contributed by atoms with Crippen molar-refractivity contribution in [1.29, 1.82) is 0 Å². The molecule has 0 aliphatic carbocycles. The molecule has 0 amide bonds. The van der Waals surface area contributed by atoms with E-state index in [1.165, 1.54) is 5.56 Å². The van der Waals surface area contributed by atoms with Crippen molar-refractivity contribution in [3.05, 3.63) is 65.7 Å². The molecule has 0 saturated heterocycles. The van der Waals surface area contributed by atoms with Crippen LogP contribution in [0.15, 0.2) is 54.6 Å². The number of aliphatic hydroxyl groups excluding tert-OH is 1. The molecular weight excluding hydrogens is 260 g/mol. The van der Waals surface area contributed by atoms with Gasteiger partial charge in [-0.05, 0) is 48.9 Å². The lowest BCUT2D eigenvalue weighted by atomic mass is 10.1. The molecule has 0 saturated carbocycles. The summed E-state index contributed by atoms with van der Waals surface area (Å²) >= 11 is 0. The number of unbranched alkanes of at least 4 members (excludes halogenated alkanes) is 1. The number of benzene rings is 2. The average Bonchev–Trinajstić information content (AvgIpc) is 2.55. The van der Waals surface area contributed by atoms with Crippen molar-refractivity contribution in [2.75, 3.05) is 6.61 Å². The maximum Gasteiger partial charge on any atom is 0.119 e. The molecule has 2 aromatic carbocycles. The smallest absolute Gasteiger partial charge is 0.119 e. The molecule has 0 heterocycles. The highest BCUT2D eigenvalue weighted by Gasteiger charge is 2.04. The second-order valence-corrected chi connectivity index (χ2v) is 5.28. The van der Waals surface area contributed by atoms with E-state index >= 15 is 0 Å². The van der Waals surface area contributed by atoms with Gasteiger partial charge in [-0.15, -0.1) is 0 Å². The Bertz CT molecular complexity index is 505. The lowest BCUT2D eigenvalue weighted by Gasteiger charge is -2.10. The van der Waals surface area contributed by atoms with Crippen molar-refractivity contribution in [3.8, 4) is 5.75 Å². The number of hydrogen-bond acceptors (Lipinski definition) is 2. The zero-order valence-electron chi connectivity index (χ0n) is 12.7. The van der Waals surface area contributed by atoms with E-state index in [0.717, 1.165) is 43.6 Å². The van der Waals surface area contributed by atoms with Gasteiger partial charge in [0, 0.05) is 0 Å². The van der Waals surface area contributed by atoms with E-state index in [0.29, 0.717) is 0 Å². The van der Waals surface area contributed by atoms with E-state index in [4.69, 9.17) is 4.74 Å². The molecule has 0 bridgehead atoms. The molecule has 0 spiro atoms. The molecule has 1 unspecified atom stereocenters.